The number of benzene rings is 5. The topological polar surface area (TPSA) is 31.0 Å². The summed E-state index contributed by atoms with van der Waals surface area (Å²) in [5.41, 5.74) is 10.5. The van der Waals surface area contributed by atoms with E-state index in [0.717, 1.165) is 16.8 Å². The molecule has 1 aliphatic rings. The molecule has 2 aromatic heterocycles. The van der Waals surface area contributed by atoms with E-state index in [-0.39, 0.29) is 5.41 Å². The van der Waals surface area contributed by atoms with E-state index in [9.17, 15) is 0 Å². The van der Waals surface area contributed by atoms with Crippen molar-refractivity contribution in [2.45, 2.75) is 19.3 Å². The van der Waals surface area contributed by atoms with Gasteiger partial charge in [-0.2, -0.15) is 0 Å². The third-order valence-corrected chi connectivity index (χ3v) is 7.88. The minimum atomic E-state index is -0.159. The Bertz CT molecular complexity index is 1990. The lowest BCUT2D eigenvalue weighted by Crippen LogP contribution is -2.17. The van der Waals surface area contributed by atoms with Crippen LogP contribution in [0.5, 0.6) is 0 Å². The lowest BCUT2D eigenvalue weighted by Gasteiger charge is -2.25. The summed E-state index contributed by atoms with van der Waals surface area (Å²) in [6, 6.07) is 33.0. The van der Waals surface area contributed by atoms with Crippen molar-refractivity contribution in [3.8, 4) is 16.8 Å². The molecule has 0 saturated heterocycles. The number of nitrogens with zero attached hydrogens (tertiary/aromatic N) is 2. The van der Waals surface area contributed by atoms with Crippen LogP contribution in [0, 0.1) is 0 Å². The van der Waals surface area contributed by atoms with Gasteiger partial charge in [-0.25, -0.2) is 4.98 Å². The van der Waals surface area contributed by atoms with Crippen LogP contribution >= 0.6 is 0 Å². The summed E-state index contributed by atoms with van der Waals surface area (Å²) in [6.45, 7) is 4.76. The van der Waals surface area contributed by atoms with Gasteiger partial charge in [0.1, 0.15) is 5.52 Å². The Kier molecular flexibility index (Phi) is 3.47. The molecule has 0 unspecified atom stereocenters. The molecule has 35 heavy (non-hydrogen) atoms. The highest BCUT2D eigenvalue weighted by Gasteiger charge is 2.39. The molecule has 5 aromatic carbocycles. The Balaban J connectivity index is 1.56. The summed E-state index contributed by atoms with van der Waals surface area (Å²) in [5, 5.41) is 5.17. The van der Waals surface area contributed by atoms with Crippen LogP contribution in [0.25, 0.3) is 60.5 Å². The SMILES string of the molecule is CC1(C)c2c(ccc3ccccc23)-c2ccc3c4ccccc4n(-c4ccc5ncoc5c4)c3c21. The first kappa shape index (κ1) is 19.0. The quantitative estimate of drug-likeness (QED) is 0.251. The second-order valence-corrected chi connectivity index (χ2v) is 10.1. The molecule has 0 N–H and O–H groups in total. The molecule has 2 heterocycles. The Hall–Kier alpha value is -4.37. The van der Waals surface area contributed by atoms with Crippen molar-refractivity contribution in [2.24, 2.45) is 0 Å². The van der Waals surface area contributed by atoms with Crippen LogP contribution in [0.15, 0.2) is 102 Å². The fraction of sp³-hybridized carbons (Fsp3) is 0.0938. The average Bonchev–Trinajstić information content (AvgIpc) is 3.55. The lowest BCUT2D eigenvalue weighted by molar-refractivity contribution is 0.602. The summed E-state index contributed by atoms with van der Waals surface area (Å²) in [6.07, 6.45) is 1.52. The lowest BCUT2D eigenvalue weighted by atomic mass is 9.79. The number of aromatic nitrogens is 2. The van der Waals surface area contributed by atoms with Crippen molar-refractivity contribution in [1.82, 2.24) is 9.55 Å². The largest absolute Gasteiger partial charge is 0.443 e. The van der Waals surface area contributed by atoms with Gasteiger partial charge in [0.2, 0.25) is 0 Å². The number of oxazole rings is 1. The summed E-state index contributed by atoms with van der Waals surface area (Å²) in [5.74, 6) is 0. The first-order valence-corrected chi connectivity index (χ1v) is 12.1. The highest BCUT2D eigenvalue weighted by Crippen LogP contribution is 2.54. The summed E-state index contributed by atoms with van der Waals surface area (Å²) in [4.78, 5) is 4.33. The van der Waals surface area contributed by atoms with Crippen LogP contribution in [0.2, 0.25) is 0 Å². The Morgan fingerprint density at radius 1 is 0.714 bits per heavy atom. The number of para-hydroxylation sites is 1. The fourth-order valence-electron chi connectivity index (χ4n) is 6.46. The zero-order chi connectivity index (χ0) is 23.3. The minimum absolute atomic E-state index is 0.159. The van der Waals surface area contributed by atoms with Gasteiger partial charge in [-0.05, 0) is 51.2 Å². The zero-order valence-electron chi connectivity index (χ0n) is 19.5. The van der Waals surface area contributed by atoms with Gasteiger partial charge in [0.25, 0.3) is 0 Å². The molecule has 0 spiro atoms. The van der Waals surface area contributed by atoms with Crippen LogP contribution < -0.4 is 0 Å². The molecule has 0 bridgehead atoms. The van der Waals surface area contributed by atoms with Crippen molar-refractivity contribution in [3.63, 3.8) is 0 Å². The van der Waals surface area contributed by atoms with Crippen molar-refractivity contribution in [2.75, 3.05) is 0 Å². The maximum Gasteiger partial charge on any atom is 0.181 e. The molecule has 0 fully saturated rings. The van der Waals surface area contributed by atoms with Gasteiger partial charge in [0, 0.05) is 22.3 Å². The highest BCUT2D eigenvalue weighted by atomic mass is 16.3. The first-order chi connectivity index (χ1) is 17.1. The van der Waals surface area contributed by atoms with Crippen molar-refractivity contribution < 1.29 is 4.42 Å². The molecule has 0 aliphatic heterocycles. The van der Waals surface area contributed by atoms with Crippen LogP contribution in [0.1, 0.15) is 25.0 Å². The van der Waals surface area contributed by atoms with Gasteiger partial charge in [0.15, 0.2) is 12.0 Å². The van der Waals surface area contributed by atoms with Crippen LogP contribution in [-0.4, -0.2) is 9.55 Å². The van der Waals surface area contributed by atoms with Crippen LogP contribution in [0.4, 0.5) is 0 Å². The fourth-order valence-corrected chi connectivity index (χ4v) is 6.46. The van der Waals surface area contributed by atoms with Gasteiger partial charge in [-0.15, -0.1) is 0 Å². The van der Waals surface area contributed by atoms with Crippen LogP contribution in [-0.2, 0) is 5.41 Å². The molecule has 1 aliphatic carbocycles. The third-order valence-electron chi connectivity index (χ3n) is 7.88. The van der Waals surface area contributed by atoms with Crippen molar-refractivity contribution in [1.29, 1.82) is 0 Å². The normalized spacial score (nSPS) is 14.2. The molecule has 0 saturated carbocycles. The van der Waals surface area contributed by atoms with Gasteiger partial charge >= 0.3 is 0 Å². The van der Waals surface area contributed by atoms with E-state index in [1.165, 1.54) is 61.2 Å². The Labute approximate surface area is 202 Å². The monoisotopic (exact) mass is 450 g/mol. The van der Waals surface area contributed by atoms with E-state index in [2.05, 4.69) is 108 Å². The maximum absolute atomic E-state index is 5.69. The third kappa shape index (κ3) is 2.33. The summed E-state index contributed by atoms with van der Waals surface area (Å²) < 4.78 is 8.11. The molecule has 0 amide bonds. The van der Waals surface area contributed by atoms with E-state index < -0.39 is 0 Å². The molecule has 0 atom stereocenters. The van der Waals surface area contributed by atoms with E-state index in [0.29, 0.717) is 0 Å². The molecule has 166 valence electrons. The number of fused-ring (bicyclic) bond motifs is 10. The molecule has 7 aromatic rings. The number of rotatable bonds is 1. The number of hydrogen-bond donors (Lipinski definition) is 0. The van der Waals surface area contributed by atoms with E-state index in [1.807, 2.05) is 6.07 Å². The molecule has 3 heteroatoms. The predicted octanol–water partition coefficient (Wildman–Crippen LogP) is 8.38. The molecular weight excluding hydrogens is 428 g/mol. The second-order valence-electron chi connectivity index (χ2n) is 10.1. The van der Waals surface area contributed by atoms with E-state index >= 15 is 0 Å². The summed E-state index contributed by atoms with van der Waals surface area (Å²) in [7, 11) is 0. The smallest absolute Gasteiger partial charge is 0.181 e. The van der Waals surface area contributed by atoms with Gasteiger partial charge < -0.3 is 8.98 Å². The molecular formula is C32H22N2O. The van der Waals surface area contributed by atoms with E-state index in [1.54, 1.807) is 0 Å². The van der Waals surface area contributed by atoms with Gasteiger partial charge in [-0.3, -0.25) is 0 Å². The average molecular weight is 451 g/mol. The predicted molar refractivity (Wildman–Crippen MR) is 143 cm³/mol. The van der Waals surface area contributed by atoms with E-state index in [4.69, 9.17) is 4.42 Å². The van der Waals surface area contributed by atoms with Crippen LogP contribution in [0.3, 0.4) is 0 Å². The first-order valence-electron chi connectivity index (χ1n) is 12.1. The second kappa shape index (κ2) is 6.39. The Morgan fingerprint density at radius 3 is 2.40 bits per heavy atom. The molecule has 0 radical (unpaired) electrons. The highest BCUT2D eigenvalue weighted by molar-refractivity contribution is 6.14. The molecule has 8 rings (SSSR count). The number of hydrogen-bond acceptors (Lipinski definition) is 2. The minimum Gasteiger partial charge on any atom is -0.443 e. The molecule has 3 nitrogen and oxygen atoms in total. The standard InChI is InChI=1S/C32H22N2O/c1-32(2)29-21-8-4-3-7-19(21)11-13-23(29)24-14-15-25-22-9-5-6-10-27(22)34(31(25)30(24)32)20-12-16-26-28(17-20)35-18-33-26/h3-18H,1-2H3. The van der Waals surface area contributed by atoms with Crippen molar-refractivity contribution >= 4 is 43.7 Å². The zero-order valence-corrected chi connectivity index (χ0v) is 19.5. The Morgan fingerprint density at radius 2 is 1.49 bits per heavy atom. The summed E-state index contributed by atoms with van der Waals surface area (Å²) >= 11 is 0. The maximum atomic E-state index is 5.69. The van der Waals surface area contributed by atoms with Gasteiger partial charge in [-0.1, -0.05) is 80.6 Å². The van der Waals surface area contributed by atoms with Gasteiger partial charge in [0.05, 0.1) is 16.7 Å². The van der Waals surface area contributed by atoms with Crippen molar-refractivity contribution in [3.05, 3.63) is 109 Å².